The van der Waals surface area contributed by atoms with Crippen LogP contribution in [0.1, 0.15) is 57.9 Å². The Bertz CT molecular complexity index is 1060. The molecular formula is C26H31NO6. The summed E-state index contributed by atoms with van der Waals surface area (Å²) in [4.78, 5) is 23.3. The highest BCUT2D eigenvalue weighted by Gasteiger charge is 2.30. The van der Waals surface area contributed by atoms with Crippen LogP contribution in [-0.2, 0) is 40.5 Å². The number of anilines is 1. The molecule has 2 aromatic rings. The summed E-state index contributed by atoms with van der Waals surface area (Å²) in [6.45, 7) is 5.00. The molecule has 1 aliphatic rings. The number of nitrogens with one attached hydrogen (secondary N) is 1. The highest BCUT2D eigenvalue weighted by atomic mass is 16.5. The number of ether oxygens (including phenoxy) is 3. The molecule has 0 saturated carbocycles. The highest BCUT2D eigenvalue weighted by Crippen LogP contribution is 2.37. The number of carboxylic acids is 1. The molecule has 7 nitrogen and oxygen atoms in total. The summed E-state index contributed by atoms with van der Waals surface area (Å²) in [5, 5.41) is 12.1. The lowest BCUT2D eigenvalue weighted by Gasteiger charge is -2.20. The van der Waals surface area contributed by atoms with E-state index in [9.17, 15) is 9.59 Å². The van der Waals surface area contributed by atoms with Crippen LogP contribution in [0.5, 0.6) is 5.75 Å². The Hall–Kier alpha value is -3.32. The zero-order valence-electron chi connectivity index (χ0n) is 19.6. The SMILES string of the molecule is CNc1c(C/C=C(\C)CCC(=O)O)c(COCc2ccc(OC)cc2)c(C)c2c1C(=O)OC2. The van der Waals surface area contributed by atoms with Crippen molar-refractivity contribution < 1.29 is 28.9 Å². The van der Waals surface area contributed by atoms with Crippen molar-refractivity contribution in [3.8, 4) is 5.75 Å². The normalized spacial score (nSPS) is 13.0. The summed E-state index contributed by atoms with van der Waals surface area (Å²) in [7, 11) is 3.43. The fourth-order valence-electron chi connectivity index (χ4n) is 4.04. The maximum absolute atomic E-state index is 12.4. The van der Waals surface area contributed by atoms with Crippen LogP contribution >= 0.6 is 0 Å². The number of hydrogen-bond donors (Lipinski definition) is 2. The van der Waals surface area contributed by atoms with Crippen LogP contribution in [0.25, 0.3) is 0 Å². The number of benzene rings is 2. The molecule has 1 aliphatic heterocycles. The van der Waals surface area contributed by atoms with E-state index in [4.69, 9.17) is 19.3 Å². The van der Waals surface area contributed by atoms with Crippen LogP contribution < -0.4 is 10.1 Å². The average molecular weight is 454 g/mol. The van der Waals surface area contributed by atoms with Crippen molar-refractivity contribution in [3.63, 3.8) is 0 Å². The number of carboxylic acid groups (broad SMARTS) is 1. The molecule has 33 heavy (non-hydrogen) atoms. The summed E-state index contributed by atoms with van der Waals surface area (Å²) >= 11 is 0. The largest absolute Gasteiger partial charge is 0.497 e. The number of aliphatic carboxylic acids is 1. The smallest absolute Gasteiger partial charge is 0.341 e. The number of methoxy groups -OCH3 is 1. The summed E-state index contributed by atoms with van der Waals surface area (Å²) in [6.07, 6.45) is 3.16. The van der Waals surface area contributed by atoms with E-state index in [0.29, 0.717) is 31.6 Å². The maximum atomic E-state index is 12.4. The van der Waals surface area contributed by atoms with Gasteiger partial charge >= 0.3 is 11.9 Å². The number of allylic oxidation sites excluding steroid dienone is 2. The molecule has 0 bridgehead atoms. The van der Waals surface area contributed by atoms with Crippen molar-refractivity contribution in [2.24, 2.45) is 0 Å². The Morgan fingerprint density at radius 2 is 1.91 bits per heavy atom. The van der Waals surface area contributed by atoms with Gasteiger partial charge in [-0.15, -0.1) is 0 Å². The monoisotopic (exact) mass is 453 g/mol. The van der Waals surface area contributed by atoms with Crippen LogP contribution in [0, 0.1) is 6.92 Å². The van der Waals surface area contributed by atoms with Crippen molar-refractivity contribution in [2.45, 2.75) is 52.9 Å². The topological polar surface area (TPSA) is 94.1 Å². The molecule has 2 N–H and O–H groups in total. The molecule has 0 atom stereocenters. The van der Waals surface area contributed by atoms with Gasteiger partial charge in [0.1, 0.15) is 12.4 Å². The van der Waals surface area contributed by atoms with Gasteiger partial charge in [-0.25, -0.2) is 4.79 Å². The first-order valence-corrected chi connectivity index (χ1v) is 11.0. The fourth-order valence-corrected chi connectivity index (χ4v) is 4.04. The van der Waals surface area contributed by atoms with E-state index in [1.54, 1.807) is 14.2 Å². The van der Waals surface area contributed by atoms with Crippen LogP contribution in [0.15, 0.2) is 35.9 Å². The molecule has 0 aromatic heterocycles. The zero-order valence-corrected chi connectivity index (χ0v) is 19.6. The average Bonchev–Trinajstić information content (AvgIpc) is 3.20. The van der Waals surface area contributed by atoms with Gasteiger partial charge in [-0.2, -0.15) is 0 Å². The molecular weight excluding hydrogens is 422 g/mol. The van der Waals surface area contributed by atoms with E-state index in [-0.39, 0.29) is 19.0 Å². The molecule has 0 spiro atoms. The molecule has 0 aliphatic carbocycles. The lowest BCUT2D eigenvalue weighted by atomic mass is 9.89. The van der Waals surface area contributed by atoms with Crippen molar-refractivity contribution in [1.82, 2.24) is 0 Å². The summed E-state index contributed by atoms with van der Waals surface area (Å²) < 4.78 is 16.6. The van der Waals surface area contributed by atoms with Crippen molar-refractivity contribution >= 4 is 17.6 Å². The lowest BCUT2D eigenvalue weighted by molar-refractivity contribution is -0.136. The van der Waals surface area contributed by atoms with E-state index in [2.05, 4.69) is 5.32 Å². The predicted molar refractivity (Wildman–Crippen MR) is 126 cm³/mol. The Morgan fingerprint density at radius 1 is 1.18 bits per heavy atom. The first-order valence-electron chi connectivity index (χ1n) is 11.0. The second-order valence-corrected chi connectivity index (χ2v) is 8.13. The van der Waals surface area contributed by atoms with Gasteiger partial charge in [0.05, 0.1) is 31.6 Å². The highest BCUT2D eigenvalue weighted by molar-refractivity contribution is 6.01. The van der Waals surface area contributed by atoms with Crippen molar-refractivity contribution in [2.75, 3.05) is 19.5 Å². The van der Waals surface area contributed by atoms with Crippen molar-refractivity contribution in [1.29, 1.82) is 0 Å². The third-order valence-corrected chi connectivity index (χ3v) is 5.99. The van der Waals surface area contributed by atoms with Gasteiger partial charge in [0.15, 0.2) is 0 Å². The lowest BCUT2D eigenvalue weighted by Crippen LogP contribution is -2.11. The van der Waals surface area contributed by atoms with Gasteiger partial charge in [-0.05, 0) is 61.1 Å². The predicted octanol–water partition coefficient (Wildman–Crippen LogP) is 4.79. The number of rotatable bonds is 11. The zero-order chi connectivity index (χ0) is 24.0. The molecule has 7 heteroatoms. The standard InChI is InChI=1S/C26H31NO6/c1-16(6-12-23(28)29)5-11-20-21(14-32-13-18-7-9-19(31-4)10-8-18)17(2)22-15-33-26(30)24(22)25(20)27-3/h5,7-10,27H,6,11-15H2,1-4H3,(H,28,29)/b16-5+. The second kappa shape index (κ2) is 11.0. The van der Waals surface area contributed by atoms with Crippen LogP contribution in [0.4, 0.5) is 5.69 Å². The van der Waals surface area contributed by atoms with Gasteiger partial charge in [-0.1, -0.05) is 23.8 Å². The molecule has 176 valence electrons. The molecule has 2 aromatic carbocycles. The summed E-state index contributed by atoms with van der Waals surface area (Å²) in [5.41, 5.74) is 7.24. The van der Waals surface area contributed by atoms with Crippen molar-refractivity contribution in [3.05, 3.63) is 69.3 Å². The molecule has 0 fully saturated rings. The number of cyclic esters (lactones) is 1. The van der Waals surface area contributed by atoms with E-state index in [0.717, 1.165) is 44.8 Å². The second-order valence-electron chi connectivity index (χ2n) is 8.13. The number of carbonyl (C=O) groups is 2. The minimum absolute atomic E-state index is 0.0919. The molecule has 1 heterocycles. The fraction of sp³-hybridized carbons (Fsp3) is 0.385. The Kier molecular flexibility index (Phi) is 8.11. The van der Waals surface area contributed by atoms with Gasteiger partial charge in [0, 0.05) is 19.0 Å². The van der Waals surface area contributed by atoms with E-state index >= 15 is 0 Å². The van der Waals surface area contributed by atoms with Crippen LogP contribution in [0.3, 0.4) is 0 Å². The molecule has 0 unspecified atom stereocenters. The van der Waals surface area contributed by atoms with Crippen LogP contribution in [0.2, 0.25) is 0 Å². The first kappa shape index (κ1) is 24.3. The van der Waals surface area contributed by atoms with E-state index in [1.165, 1.54) is 0 Å². The van der Waals surface area contributed by atoms with Gasteiger partial charge < -0.3 is 24.6 Å². The number of fused-ring (bicyclic) bond motifs is 1. The summed E-state index contributed by atoms with van der Waals surface area (Å²) in [5.74, 6) is -0.345. The van der Waals surface area contributed by atoms with Gasteiger partial charge in [0.25, 0.3) is 0 Å². The third-order valence-electron chi connectivity index (χ3n) is 5.99. The Labute approximate surface area is 194 Å². The minimum Gasteiger partial charge on any atom is -0.497 e. The maximum Gasteiger partial charge on any atom is 0.341 e. The molecule has 3 rings (SSSR count). The first-order chi connectivity index (χ1) is 15.8. The van der Waals surface area contributed by atoms with Gasteiger partial charge in [0.2, 0.25) is 0 Å². The third kappa shape index (κ3) is 5.73. The number of hydrogen-bond acceptors (Lipinski definition) is 6. The Balaban J connectivity index is 1.89. The number of esters is 1. The van der Waals surface area contributed by atoms with E-state index in [1.807, 2.05) is 44.2 Å². The summed E-state index contributed by atoms with van der Waals surface area (Å²) in [6, 6.07) is 7.74. The van der Waals surface area contributed by atoms with Crippen LogP contribution in [-0.4, -0.2) is 31.2 Å². The molecule has 0 radical (unpaired) electrons. The van der Waals surface area contributed by atoms with Gasteiger partial charge in [-0.3, -0.25) is 4.79 Å². The molecule has 0 amide bonds. The molecule has 0 saturated heterocycles. The minimum atomic E-state index is -0.817. The quantitative estimate of drug-likeness (QED) is 0.373. The number of carbonyl (C=O) groups excluding carboxylic acids is 1. The Morgan fingerprint density at radius 3 is 2.55 bits per heavy atom. The van der Waals surface area contributed by atoms with E-state index < -0.39 is 5.97 Å².